The largest absolute Gasteiger partial charge is 0.457 e. The van der Waals surface area contributed by atoms with Crippen molar-refractivity contribution in [1.29, 1.82) is 0 Å². The Bertz CT molecular complexity index is 940. The Morgan fingerprint density at radius 2 is 0.879 bits per heavy atom. The smallest absolute Gasteiger partial charge is 0.416 e. The first-order chi connectivity index (χ1) is 15.3. The number of benzene rings is 2. The van der Waals surface area contributed by atoms with Crippen molar-refractivity contribution in [2.75, 3.05) is 13.2 Å². The number of esters is 2. The lowest BCUT2D eigenvalue weighted by Gasteiger charge is -2.08. The highest BCUT2D eigenvalue weighted by Gasteiger charge is 2.31. The molecule has 2 rings (SSSR count). The Morgan fingerprint density at radius 3 is 1.15 bits per heavy atom. The quantitative estimate of drug-likeness (QED) is 0.245. The summed E-state index contributed by atoms with van der Waals surface area (Å²) in [5.74, 6) is -4.02. The van der Waals surface area contributed by atoms with Crippen molar-refractivity contribution in [2.45, 2.75) is 18.8 Å². The van der Waals surface area contributed by atoms with Crippen LogP contribution in [0.2, 0.25) is 0 Å². The molecule has 0 radical (unpaired) electrons. The maximum atomic E-state index is 12.5. The zero-order chi connectivity index (χ0) is 24.8. The number of rotatable bonds is 8. The molecular formula is C21H14F6O6. The van der Waals surface area contributed by atoms with Crippen molar-refractivity contribution in [2.24, 2.45) is 0 Å². The third-order valence-corrected chi connectivity index (χ3v) is 4.09. The molecular weight excluding hydrogens is 462 g/mol. The van der Waals surface area contributed by atoms with Gasteiger partial charge in [-0.1, -0.05) is 24.3 Å². The maximum absolute atomic E-state index is 12.5. The number of carbonyl (C=O) groups excluding carboxylic acids is 4. The summed E-state index contributed by atoms with van der Waals surface area (Å²) in [5.41, 5.74) is -2.24. The number of ether oxygens (including phenoxy) is 2. The molecule has 0 aliphatic carbocycles. The van der Waals surface area contributed by atoms with Crippen LogP contribution < -0.4 is 0 Å². The fourth-order valence-electron chi connectivity index (χ4n) is 2.37. The zero-order valence-electron chi connectivity index (χ0n) is 16.5. The molecule has 0 aliphatic heterocycles. The van der Waals surface area contributed by atoms with Gasteiger partial charge in [0.25, 0.3) is 0 Å². The van der Waals surface area contributed by atoms with Gasteiger partial charge in [0.2, 0.25) is 0 Å². The summed E-state index contributed by atoms with van der Waals surface area (Å²) >= 11 is 0. The standard InChI is InChI=1S/C21H14F6O6/c22-20(23,24)14-5-1-12(2-6-14)16(28)10-32-18(30)9-19(31)33-11-17(29)13-3-7-15(8-4-13)21(25,26)27/h1-8H,9-11H2. The Kier molecular flexibility index (Phi) is 7.96. The van der Waals surface area contributed by atoms with Crippen molar-refractivity contribution >= 4 is 23.5 Å². The van der Waals surface area contributed by atoms with Gasteiger partial charge in [-0.25, -0.2) is 0 Å². The van der Waals surface area contributed by atoms with Crippen molar-refractivity contribution < 1.29 is 55.0 Å². The lowest BCUT2D eigenvalue weighted by molar-refractivity contribution is -0.153. The molecule has 0 heterocycles. The average Bonchev–Trinajstić information content (AvgIpc) is 2.74. The van der Waals surface area contributed by atoms with Crippen molar-refractivity contribution in [3.8, 4) is 0 Å². The van der Waals surface area contributed by atoms with Gasteiger partial charge in [-0.15, -0.1) is 0 Å². The molecule has 0 fully saturated rings. The number of hydrogen-bond acceptors (Lipinski definition) is 6. The molecule has 0 spiro atoms. The fourth-order valence-corrected chi connectivity index (χ4v) is 2.37. The van der Waals surface area contributed by atoms with E-state index in [4.69, 9.17) is 0 Å². The van der Waals surface area contributed by atoms with E-state index >= 15 is 0 Å². The number of Topliss-reactive ketones (excluding diaryl/α,β-unsaturated/α-hetero) is 2. The molecule has 0 bridgehead atoms. The fraction of sp³-hybridized carbons (Fsp3) is 0.238. The third kappa shape index (κ3) is 7.74. The minimum atomic E-state index is -4.58. The Morgan fingerprint density at radius 1 is 0.576 bits per heavy atom. The summed E-state index contributed by atoms with van der Waals surface area (Å²) in [7, 11) is 0. The molecule has 0 N–H and O–H groups in total. The van der Waals surface area contributed by atoms with Crippen LogP contribution in [-0.4, -0.2) is 36.7 Å². The van der Waals surface area contributed by atoms with Gasteiger partial charge in [0.1, 0.15) is 6.42 Å². The van der Waals surface area contributed by atoms with E-state index in [1.807, 2.05) is 0 Å². The minimum Gasteiger partial charge on any atom is -0.457 e. The summed E-state index contributed by atoms with van der Waals surface area (Å²) in [6, 6.07) is 6.33. The highest BCUT2D eigenvalue weighted by molar-refractivity contribution is 6.00. The van der Waals surface area contributed by atoms with Crippen molar-refractivity contribution in [1.82, 2.24) is 0 Å². The molecule has 33 heavy (non-hydrogen) atoms. The van der Waals surface area contributed by atoms with Gasteiger partial charge in [0.15, 0.2) is 24.8 Å². The summed E-state index contributed by atoms with van der Waals surface area (Å²) < 4.78 is 84.1. The summed E-state index contributed by atoms with van der Waals surface area (Å²) in [6.45, 7) is -1.69. The Balaban J connectivity index is 1.77. The average molecular weight is 476 g/mol. The molecule has 0 saturated heterocycles. The monoisotopic (exact) mass is 476 g/mol. The van der Waals surface area contributed by atoms with E-state index in [9.17, 15) is 45.5 Å². The molecule has 0 saturated carbocycles. The Labute approximate surface area is 182 Å². The molecule has 2 aromatic rings. The third-order valence-electron chi connectivity index (χ3n) is 4.09. The summed E-state index contributed by atoms with van der Waals surface area (Å²) in [5, 5.41) is 0. The molecule has 0 atom stereocenters. The molecule has 176 valence electrons. The van der Waals surface area contributed by atoms with Crippen LogP contribution in [0, 0.1) is 0 Å². The summed E-state index contributed by atoms with van der Waals surface area (Å²) in [4.78, 5) is 46.9. The van der Waals surface area contributed by atoms with Gasteiger partial charge in [-0.05, 0) is 24.3 Å². The highest BCUT2D eigenvalue weighted by Crippen LogP contribution is 2.30. The van der Waals surface area contributed by atoms with Gasteiger partial charge in [-0.3, -0.25) is 19.2 Å². The number of ketones is 2. The lowest BCUT2D eigenvalue weighted by atomic mass is 10.1. The number of carbonyl (C=O) groups is 4. The van der Waals surface area contributed by atoms with Gasteiger partial charge in [0, 0.05) is 11.1 Å². The molecule has 0 aliphatic rings. The van der Waals surface area contributed by atoms with E-state index in [-0.39, 0.29) is 11.1 Å². The number of hydrogen-bond donors (Lipinski definition) is 0. The predicted octanol–water partition coefficient (Wildman–Crippen LogP) is 4.27. The van der Waals surface area contributed by atoms with Crippen molar-refractivity contribution in [3.05, 3.63) is 70.8 Å². The van der Waals surface area contributed by atoms with E-state index in [0.717, 1.165) is 24.3 Å². The normalized spacial score (nSPS) is 11.6. The first-order valence-corrected chi connectivity index (χ1v) is 8.99. The SMILES string of the molecule is O=C(CC(=O)OCC(=O)c1ccc(C(F)(F)F)cc1)OCC(=O)c1ccc(C(F)(F)F)cc1. The zero-order valence-corrected chi connectivity index (χ0v) is 16.5. The van der Waals surface area contributed by atoms with Gasteiger partial charge < -0.3 is 9.47 Å². The number of alkyl halides is 6. The molecule has 0 amide bonds. The van der Waals surface area contributed by atoms with Crippen LogP contribution in [0.15, 0.2) is 48.5 Å². The van der Waals surface area contributed by atoms with Gasteiger partial charge >= 0.3 is 24.3 Å². The minimum absolute atomic E-state index is 0.152. The predicted molar refractivity (Wildman–Crippen MR) is 98.1 cm³/mol. The Hall–Kier alpha value is -3.70. The molecule has 0 unspecified atom stereocenters. The van der Waals surface area contributed by atoms with E-state index in [1.165, 1.54) is 0 Å². The van der Waals surface area contributed by atoms with E-state index in [1.54, 1.807) is 0 Å². The van der Waals surface area contributed by atoms with Crippen molar-refractivity contribution in [3.63, 3.8) is 0 Å². The van der Waals surface area contributed by atoms with Crippen LogP contribution in [0.25, 0.3) is 0 Å². The van der Waals surface area contributed by atoms with Crippen LogP contribution in [0.5, 0.6) is 0 Å². The highest BCUT2D eigenvalue weighted by atomic mass is 19.4. The first-order valence-electron chi connectivity index (χ1n) is 8.99. The van der Waals surface area contributed by atoms with Crippen LogP contribution >= 0.6 is 0 Å². The molecule has 12 heteroatoms. The van der Waals surface area contributed by atoms with Crippen LogP contribution in [0.4, 0.5) is 26.3 Å². The van der Waals surface area contributed by atoms with Crippen LogP contribution in [0.3, 0.4) is 0 Å². The number of halogens is 6. The van der Waals surface area contributed by atoms with Gasteiger partial charge in [0.05, 0.1) is 11.1 Å². The van der Waals surface area contributed by atoms with Crippen LogP contribution in [-0.2, 0) is 31.4 Å². The maximum Gasteiger partial charge on any atom is 0.416 e. The van der Waals surface area contributed by atoms with Crippen LogP contribution in [0.1, 0.15) is 38.3 Å². The second-order valence-corrected chi connectivity index (χ2v) is 6.49. The second kappa shape index (κ2) is 10.3. The van der Waals surface area contributed by atoms with E-state index in [2.05, 4.69) is 9.47 Å². The lowest BCUT2D eigenvalue weighted by Crippen LogP contribution is -2.20. The second-order valence-electron chi connectivity index (χ2n) is 6.49. The topological polar surface area (TPSA) is 86.7 Å². The summed E-state index contributed by atoms with van der Waals surface area (Å²) in [6.07, 6.45) is -10.1. The molecule has 2 aromatic carbocycles. The van der Waals surface area contributed by atoms with E-state index < -0.39 is 66.6 Å². The first kappa shape index (κ1) is 25.6. The molecule has 6 nitrogen and oxygen atoms in total. The van der Waals surface area contributed by atoms with E-state index in [0.29, 0.717) is 24.3 Å². The molecule has 0 aromatic heterocycles. The van der Waals surface area contributed by atoms with Gasteiger partial charge in [-0.2, -0.15) is 26.3 Å².